The van der Waals surface area contributed by atoms with Crippen LogP contribution in [0.4, 0.5) is 5.69 Å². The SMILES string of the molecule is CCC(C)(C)c1ccc(OC(=O)[C@@H]2CC(=O)N(c3ccc(C)c(Cl)c3)C2)cc1. The number of ether oxygens (including phenoxy) is 1. The van der Waals surface area contributed by atoms with Crippen molar-refractivity contribution in [1.29, 1.82) is 0 Å². The van der Waals surface area contributed by atoms with Crippen LogP contribution in [-0.4, -0.2) is 18.4 Å². The van der Waals surface area contributed by atoms with Crippen LogP contribution in [0.25, 0.3) is 0 Å². The van der Waals surface area contributed by atoms with Gasteiger partial charge >= 0.3 is 5.97 Å². The molecule has 0 saturated carbocycles. The minimum absolute atomic E-state index is 0.0796. The van der Waals surface area contributed by atoms with E-state index in [0.29, 0.717) is 23.0 Å². The maximum Gasteiger partial charge on any atom is 0.316 e. The maximum absolute atomic E-state index is 12.6. The number of hydrogen-bond acceptors (Lipinski definition) is 3. The summed E-state index contributed by atoms with van der Waals surface area (Å²) in [5.74, 6) is -0.456. The van der Waals surface area contributed by atoms with Crippen molar-refractivity contribution >= 4 is 29.2 Å². The fourth-order valence-electron chi connectivity index (χ4n) is 3.24. The first-order valence-corrected chi connectivity index (χ1v) is 9.98. The Balaban J connectivity index is 1.67. The number of carbonyl (C=O) groups is 2. The third-order valence-corrected chi connectivity index (χ3v) is 6.07. The Morgan fingerprint density at radius 2 is 1.89 bits per heavy atom. The molecule has 1 atom stereocenters. The van der Waals surface area contributed by atoms with Gasteiger partial charge in [0.15, 0.2) is 0 Å². The van der Waals surface area contributed by atoms with E-state index in [9.17, 15) is 9.59 Å². The van der Waals surface area contributed by atoms with E-state index in [-0.39, 0.29) is 23.7 Å². The zero-order valence-corrected chi connectivity index (χ0v) is 17.5. The Hall–Kier alpha value is -2.33. The highest BCUT2D eigenvalue weighted by Crippen LogP contribution is 2.31. The third kappa shape index (κ3) is 4.22. The van der Waals surface area contributed by atoms with Gasteiger partial charge in [0.1, 0.15) is 5.75 Å². The van der Waals surface area contributed by atoms with Gasteiger partial charge in [-0.2, -0.15) is 0 Å². The minimum Gasteiger partial charge on any atom is -0.426 e. The number of rotatable bonds is 5. The smallest absolute Gasteiger partial charge is 0.316 e. The Labute approximate surface area is 171 Å². The lowest BCUT2D eigenvalue weighted by Crippen LogP contribution is -2.27. The number of hydrogen-bond donors (Lipinski definition) is 0. The largest absolute Gasteiger partial charge is 0.426 e. The highest BCUT2D eigenvalue weighted by Gasteiger charge is 2.36. The number of esters is 1. The van der Waals surface area contributed by atoms with Gasteiger partial charge in [-0.1, -0.05) is 50.6 Å². The van der Waals surface area contributed by atoms with E-state index in [1.807, 2.05) is 43.3 Å². The van der Waals surface area contributed by atoms with Crippen molar-refractivity contribution in [3.05, 3.63) is 58.6 Å². The van der Waals surface area contributed by atoms with Crippen molar-refractivity contribution < 1.29 is 14.3 Å². The van der Waals surface area contributed by atoms with Crippen molar-refractivity contribution in [2.24, 2.45) is 5.92 Å². The van der Waals surface area contributed by atoms with Crippen LogP contribution in [0.3, 0.4) is 0 Å². The number of amides is 1. The molecule has 148 valence electrons. The van der Waals surface area contributed by atoms with Crippen molar-refractivity contribution in [2.75, 3.05) is 11.4 Å². The van der Waals surface area contributed by atoms with E-state index >= 15 is 0 Å². The molecule has 0 aliphatic carbocycles. The molecule has 5 heteroatoms. The molecular weight excluding hydrogens is 374 g/mol. The van der Waals surface area contributed by atoms with Crippen molar-refractivity contribution in [3.8, 4) is 5.75 Å². The molecule has 0 N–H and O–H groups in total. The van der Waals surface area contributed by atoms with Crippen LogP contribution in [0, 0.1) is 12.8 Å². The number of benzene rings is 2. The van der Waals surface area contributed by atoms with Gasteiger partial charge in [0.05, 0.1) is 5.92 Å². The molecule has 0 unspecified atom stereocenters. The van der Waals surface area contributed by atoms with Crippen LogP contribution in [0.1, 0.15) is 44.7 Å². The minimum atomic E-state index is -0.487. The van der Waals surface area contributed by atoms with Crippen LogP contribution in [0.5, 0.6) is 5.75 Å². The standard InChI is InChI=1S/C23H26ClNO3/c1-5-23(3,4)17-7-10-19(11-8-17)28-22(27)16-12-21(26)25(14-16)18-9-6-15(2)20(24)13-18/h6-11,13,16H,5,12,14H2,1-4H3/t16-/m1/s1. The average molecular weight is 400 g/mol. The van der Waals surface area contributed by atoms with E-state index in [0.717, 1.165) is 12.0 Å². The van der Waals surface area contributed by atoms with Gasteiger partial charge in [-0.05, 0) is 54.2 Å². The van der Waals surface area contributed by atoms with Crippen molar-refractivity contribution in [3.63, 3.8) is 0 Å². The lowest BCUT2D eigenvalue weighted by Gasteiger charge is -2.23. The number of aryl methyl sites for hydroxylation is 1. The summed E-state index contributed by atoms with van der Waals surface area (Å²) >= 11 is 6.17. The van der Waals surface area contributed by atoms with Crippen LogP contribution in [0.2, 0.25) is 5.02 Å². The molecule has 1 aliphatic rings. The Morgan fingerprint density at radius 1 is 1.21 bits per heavy atom. The number of carbonyl (C=O) groups excluding carboxylic acids is 2. The molecule has 1 amide bonds. The molecule has 2 aromatic carbocycles. The fourth-order valence-corrected chi connectivity index (χ4v) is 3.42. The lowest BCUT2D eigenvalue weighted by atomic mass is 9.82. The molecule has 1 saturated heterocycles. The van der Waals surface area contributed by atoms with Gasteiger partial charge in [-0.25, -0.2) is 0 Å². The van der Waals surface area contributed by atoms with Gasteiger partial charge in [0, 0.05) is 23.7 Å². The summed E-state index contributed by atoms with van der Waals surface area (Å²) in [5, 5.41) is 0.603. The van der Waals surface area contributed by atoms with Gasteiger partial charge in [0.2, 0.25) is 5.91 Å². The first-order chi connectivity index (χ1) is 13.2. The average Bonchev–Trinajstić information content (AvgIpc) is 3.06. The predicted molar refractivity (Wildman–Crippen MR) is 112 cm³/mol. The number of nitrogens with zero attached hydrogens (tertiary/aromatic N) is 1. The predicted octanol–water partition coefficient (Wildman–Crippen LogP) is 5.29. The summed E-state index contributed by atoms with van der Waals surface area (Å²) in [4.78, 5) is 26.6. The molecule has 0 radical (unpaired) electrons. The zero-order chi connectivity index (χ0) is 20.5. The highest BCUT2D eigenvalue weighted by molar-refractivity contribution is 6.31. The molecule has 28 heavy (non-hydrogen) atoms. The van der Waals surface area contributed by atoms with Gasteiger partial charge < -0.3 is 9.64 Å². The van der Waals surface area contributed by atoms with Crippen LogP contribution in [-0.2, 0) is 15.0 Å². The van der Waals surface area contributed by atoms with Crippen molar-refractivity contribution in [1.82, 2.24) is 0 Å². The number of halogens is 1. The molecule has 1 fully saturated rings. The Bertz CT molecular complexity index is 889. The number of anilines is 1. The van der Waals surface area contributed by atoms with Crippen LogP contribution < -0.4 is 9.64 Å². The molecule has 0 spiro atoms. The summed E-state index contributed by atoms with van der Waals surface area (Å²) in [6.07, 6.45) is 1.17. The molecule has 4 nitrogen and oxygen atoms in total. The molecule has 1 heterocycles. The summed E-state index contributed by atoms with van der Waals surface area (Å²) in [6, 6.07) is 13.1. The summed E-state index contributed by atoms with van der Waals surface area (Å²) in [7, 11) is 0. The molecule has 1 aliphatic heterocycles. The molecule has 0 bridgehead atoms. The second-order valence-electron chi connectivity index (χ2n) is 8.02. The lowest BCUT2D eigenvalue weighted by molar-refractivity contribution is -0.139. The summed E-state index contributed by atoms with van der Waals surface area (Å²) in [6.45, 7) is 8.73. The molecule has 3 rings (SSSR count). The Morgan fingerprint density at radius 3 is 2.50 bits per heavy atom. The molecule has 2 aromatic rings. The molecule has 0 aromatic heterocycles. The second-order valence-corrected chi connectivity index (χ2v) is 8.43. The van der Waals surface area contributed by atoms with E-state index in [1.165, 1.54) is 5.56 Å². The third-order valence-electron chi connectivity index (χ3n) is 5.66. The Kier molecular flexibility index (Phi) is 5.80. The summed E-state index contributed by atoms with van der Waals surface area (Å²) in [5.41, 5.74) is 2.94. The van der Waals surface area contributed by atoms with E-state index < -0.39 is 5.92 Å². The van der Waals surface area contributed by atoms with E-state index in [2.05, 4.69) is 20.8 Å². The first kappa shape index (κ1) is 20.4. The fraction of sp³-hybridized carbons (Fsp3) is 0.391. The summed E-state index contributed by atoms with van der Waals surface area (Å²) < 4.78 is 5.53. The van der Waals surface area contributed by atoms with Crippen molar-refractivity contribution in [2.45, 2.75) is 46.0 Å². The normalized spacial score (nSPS) is 17.1. The second kappa shape index (κ2) is 7.96. The van der Waals surface area contributed by atoms with Gasteiger partial charge in [-0.15, -0.1) is 0 Å². The van der Waals surface area contributed by atoms with Crippen LogP contribution in [0.15, 0.2) is 42.5 Å². The van der Waals surface area contributed by atoms with Gasteiger partial charge in [0.25, 0.3) is 0 Å². The highest BCUT2D eigenvalue weighted by atomic mass is 35.5. The monoisotopic (exact) mass is 399 g/mol. The van der Waals surface area contributed by atoms with Gasteiger partial charge in [-0.3, -0.25) is 9.59 Å². The zero-order valence-electron chi connectivity index (χ0n) is 16.8. The maximum atomic E-state index is 12.6. The molecular formula is C23H26ClNO3. The van der Waals surface area contributed by atoms with Crippen LogP contribution >= 0.6 is 11.6 Å². The topological polar surface area (TPSA) is 46.6 Å². The van der Waals surface area contributed by atoms with E-state index in [4.69, 9.17) is 16.3 Å². The quantitative estimate of drug-likeness (QED) is 0.506. The van der Waals surface area contributed by atoms with E-state index in [1.54, 1.807) is 11.0 Å². The first-order valence-electron chi connectivity index (χ1n) is 9.60.